The molecule has 4 aliphatic rings. The topological polar surface area (TPSA) is 162 Å². The maximum absolute atomic E-state index is 14.4. The lowest BCUT2D eigenvalue weighted by Gasteiger charge is -2.35. The Bertz CT molecular complexity index is 2410. The fourth-order valence-corrected chi connectivity index (χ4v) is 11.9. The van der Waals surface area contributed by atoms with Crippen molar-refractivity contribution in [3.63, 3.8) is 0 Å². The molecule has 2 aromatic carbocycles. The van der Waals surface area contributed by atoms with Crippen LogP contribution in [0.15, 0.2) is 66.2 Å². The molecule has 5 aromatic rings. The van der Waals surface area contributed by atoms with Gasteiger partial charge in [0.1, 0.15) is 18.2 Å². The molecule has 6 bridgehead atoms. The Morgan fingerprint density at radius 1 is 1.15 bits per heavy atom. The van der Waals surface area contributed by atoms with Gasteiger partial charge in [-0.1, -0.05) is 38.1 Å². The van der Waals surface area contributed by atoms with Crippen molar-refractivity contribution in [1.82, 2.24) is 35.3 Å². The quantitative estimate of drug-likeness (QED) is 0.0881. The standard InChI is InChI=1S/C44H51N8O5SSi/c1-5-51-36-17-15-27-20-29(36)30(39(51)28-11-8-18-45-38(28)40(56-4)34-22-46-34)21-44(2,3)25-57-42(54)33-13-9-19-52(49-33)43(55)59(24-37-48-35(27)23-58-37)50-41(53)32-16-14-26-10-6-7-12-31(26)47-32/h6-8,10-12,15,17-18,20,23,32-34,40,46-47,49H,5,9,13-14,16,19,21-22,24-25H2,1-4H3,(H,50,53)/t32?,33-,34?,40?/m0/s1. The Labute approximate surface area is 349 Å². The third kappa shape index (κ3) is 7.93. The minimum Gasteiger partial charge on any atom is -0.464 e. The third-order valence-electron chi connectivity index (χ3n) is 12.0. The van der Waals surface area contributed by atoms with E-state index in [1.165, 1.54) is 21.9 Å². The average Bonchev–Trinajstić information content (AvgIpc) is 3.91. The second-order valence-electron chi connectivity index (χ2n) is 16.8. The van der Waals surface area contributed by atoms with E-state index in [2.05, 4.69) is 76.7 Å². The van der Waals surface area contributed by atoms with E-state index in [1.807, 2.05) is 35.8 Å². The van der Waals surface area contributed by atoms with Crippen molar-refractivity contribution < 1.29 is 23.9 Å². The van der Waals surface area contributed by atoms with Gasteiger partial charge in [0.15, 0.2) is 0 Å². The number of carbonyl (C=O) groups is 3. The molecule has 7 heterocycles. The number of hydrogen-bond acceptors (Lipinski definition) is 11. The Balaban J connectivity index is 1.12. The summed E-state index contributed by atoms with van der Waals surface area (Å²) in [7, 11) is -0.527. The van der Waals surface area contributed by atoms with Gasteiger partial charge in [-0.2, -0.15) is 0 Å². The number of aryl methyl sites for hydroxylation is 2. The van der Waals surface area contributed by atoms with Gasteiger partial charge in [-0.15, -0.1) is 11.3 Å². The number of carbonyl (C=O) groups excluding carboxylic acids is 3. The van der Waals surface area contributed by atoms with Gasteiger partial charge in [0.05, 0.1) is 34.7 Å². The summed E-state index contributed by atoms with van der Waals surface area (Å²) in [5.74, 6) is -0.593. The van der Waals surface area contributed by atoms with E-state index in [9.17, 15) is 14.4 Å². The molecular formula is C44H51N8O5SSi. The van der Waals surface area contributed by atoms with Crippen LogP contribution in [0, 0.1) is 5.41 Å². The number of cyclic esters (lactones) is 1. The van der Waals surface area contributed by atoms with Crippen molar-refractivity contribution in [1.29, 1.82) is 0 Å². The van der Waals surface area contributed by atoms with E-state index >= 15 is 0 Å². The lowest BCUT2D eigenvalue weighted by molar-refractivity contribution is -0.151. The Morgan fingerprint density at radius 2 is 2.00 bits per heavy atom. The Kier molecular flexibility index (Phi) is 10.9. The van der Waals surface area contributed by atoms with Crippen LogP contribution in [-0.2, 0) is 44.5 Å². The number of ether oxygens (including phenoxy) is 2. The number of rotatable bonds is 7. The highest BCUT2D eigenvalue weighted by molar-refractivity contribution is 7.10. The maximum atomic E-state index is 14.4. The van der Waals surface area contributed by atoms with Crippen molar-refractivity contribution in [2.75, 3.05) is 32.1 Å². The zero-order valence-electron chi connectivity index (χ0n) is 34.0. The first-order chi connectivity index (χ1) is 28.6. The fraction of sp³-hybridized carbons (Fsp3) is 0.432. The number of pyridine rings is 1. The predicted octanol–water partition coefficient (Wildman–Crippen LogP) is 5.92. The van der Waals surface area contributed by atoms with Gasteiger partial charge < -0.3 is 29.7 Å². The maximum Gasteiger partial charge on any atom is 0.324 e. The number of thiazole rings is 1. The highest BCUT2D eigenvalue weighted by atomic mass is 32.1. The molecule has 59 heavy (non-hydrogen) atoms. The number of benzene rings is 2. The number of hydrogen-bond donors (Lipinski definition) is 4. The molecule has 4 N–H and O–H groups in total. The van der Waals surface area contributed by atoms with Crippen LogP contribution < -0.4 is 21.0 Å². The SMILES string of the molecule is CCn1c(-c2cccnc2C(OC)C2CN2)c2c3cc(ccc31)-c1csc(n1)C[Si](NC(=O)C1CCc3ccccc3N1)C(=O)N1CCC[C@H](N1)C(=O)OCC(C)(C)C2. The molecule has 2 amide bonds. The van der Waals surface area contributed by atoms with E-state index in [1.54, 1.807) is 7.11 Å². The first kappa shape index (κ1) is 39.5. The van der Waals surface area contributed by atoms with E-state index in [-0.39, 0.29) is 30.2 Å². The second-order valence-corrected chi connectivity index (χ2v) is 19.7. The van der Waals surface area contributed by atoms with Crippen LogP contribution in [0.2, 0.25) is 0 Å². The van der Waals surface area contributed by atoms with Gasteiger partial charge in [-0.3, -0.25) is 24.4 Å². The third-order valence-corrected chi connectivity index (χ3v) is 15.1. The summed E-state index contributed by atoms with van der Waals surface area (Å²) in [6, 6.07) is 18.0. The van der Waals surface area contributed by atoms with Crippen LogP contribution in [-0.4, -0.2) is 90.8 Å². The molecule has 13 nitrogen and oxygen atoms in total. The lowest BCUT2D eigenvalue weighted by atomic mass is 9.84. The molecule has 0 spiro atoms. The van der Waals surface area contributed by atoms with Gasteiger partial charge in [-0.05, 0) is 80.5 Å². The zero-order chi connectivity index (χ0) is 40.8. The van der Waals surface area contributed by atoms with Crippen LogP contribution in [0.1, 0.15) is 68.0 Å². The number of nitrogens with zero attached hydrogens (tertiary/aromatic N) is 4. The molecule has 2 saturated heterocycles. The molecule has 0 saturated carbocycles. The first-order valence-corrected chi connectivity index (χ1v) is 23.3. The smallest absolute Gasteiger partial charge is 0.324 e. The number of fused-ring (bicyclic) bond motifs is 7. The molecule has 15 heteroatoms. The number of nitrogens with one attached hydrogen (secondary N) is 4. The van der Waals surface area contributed by atoms with Gasteiger partial charge >= 0.3 is 5.97 Å². The first-order valence-electron chi connectivity index (χ1n) is 20.7. The van der Waals surface area contributed by atoms with Crippen LogP contribution in [0.4, 0.5) is 10.5 Å². The molecule has 2 fully saturated rings. The van der Waals surface area contributed by atoms with Gasteiger partial charge in [0.2, 0.25) is 11.4 Å². The van der Waals surface area contributed by atoms with E-state index < -0.39 is 32.4 Å². The summed E-state index contributed by atoms with van der Waals surface area (Å²) in [5.41, 5.74) is 11.7. The van der Waals surface area contributed by atoms with Crippen molar-refractivity contribution in [3.05, 3.63) is 88.0 Å². The molecule has 1 radical (unpaired) electrons. The minimum absolute atomic E-state index is 0.181. The highest BCUT2D eigenvalue weighted by Gasteiger charge is 2.39. The van der Waals surface area contributed by atoms with Crippen LogP contribution >= 0.6 is 11.3 Å². The largest absolute Gasteiger partial charge is 0.464 e. The Morgan fingerprint density at radius 3 is 2.81 bits per heavy atom. The van der Waals surface area contributed by atoms with Crippen LogP contribution in [0.5, 0.6) is 0 Å². The van der Waals surface area contributed by atoms with Gasteiger partial charge in [0.25, 0.3) is 8.96 Å². The monoisotopic (exact) mass is 831 g/mol. The fourth-order valence-electron chi connectivity index (χ4n) is 8.87. The number of aromatic nitrogens is 3. The highest BCUT2D eigenvalue weighted by Crippen LogP contribution is 2.43. The summed E-state index contributed by atoms with van der Waals surface area (Å²) in [4.78, 5) is 55.4. The number of esters is 1. The normalized spacial score (nSPS) is 22.5. The number of anilines is 1. The van der Waals surface area contributed by atoms with E-state index in [0.717, 1.165) is 74.9 Å². The number of methoxy groups -OCH3 is 1. The van der Waals surface area contributed by atoms with E-state index in [0.29, 0.717) is 38.3 Å². The Hall–Kier alpha value is -4.93. The molecule has 307 valence electrons. The summed E-state index contributed by atoms with van der Waals surface area (Å²) in [6.07, 6.45) is 4.80. The van der Waals surface area contributed by atoms with Gasteiger partial charge in [0, 0.05) is 77.5 Å². The molecular weight excluding hydrogens is 781 g/mol. The summed E-state index contributed by atoms with van der Waals surface area (Å²) < 4.78 is 14.6. The molecule has 4 atom stereocenters. The summed E-state index contributed by atoms with van der Waals surface area (Å²) in [5, 5.41) is 12.3. The zero-order valence-corrected chi connectivity index (χ0v) is 35.8. The molecule has 4 aliphatic heterocycles. The van der Waals surface area contributed by atoms with E-state index in [4.69, 9.17) is 19.4 Å². The number of amides is 2. The van der Waals surface area contributed by atoms with Gasteiger partial charge in [-0.25, -0.2) is 10.4 Å². The molecule has 3 aromatic heterocycles. The minimum atomic E-state index is -2.27. The van der Waals surface area contributed by atoms with Crippen LogP contribution in [0.25, 0.3) is 33.4 Å². The molecule has 0 aliphatic carbocycles. The number of para-hydroxylation sites is 1. The van der Waals surface area contributed by atoms with Crippen molar-refractivity contribution in [2.24, 2.45) is 5.41 Å². The lowest BCUT2D eigenvalue weighted by Crippen LogP contribution is -2.63. The van der Waals surface area contributed by atoms with Crippen molar-refractivity contribution in [3.8, 4) is 22.5 Å². The van der Waals surface area contributed by atoms with Crippen LogP contribution in [0.3, 0.4) is 0 Å². The van der Waals surface area contributed by atoms with Crippen molar-refractivity contribution in [2.45, 2.75) is 89.7 Å². The summed E-state index contributed by atoms with van der Waals surface area (Å²) >= 11 is 1.50. The second kappa shape index (κ2) is 16.3. The predicted molar refractivity (Wildman–Crippen MR) is 230 cm³/mol. The van der Waals surface area contributed by atoms with Crippen molar-refractivity contribution >= 4 is 54.3 Å². The molecule has 9 rings (SSSR count). The summed E-state index contributed by atoms with van der Waals surface area (Å²) in [6.45, 7) is 8.63. The molecule has 3 unspecified atom stereocenters. The average molecular weight is 832 g/mol. The number of hydrazine groups is 1.